The molecule has 2 aromatic rings. The van der Waals surface area contributed by atoms with Crippen molar-refractivity contribution in [2.24, 2.45) is 0 Å². The maximum Gasteiger partial charge on any atom is 0.416 e. The van der Waals surface area contributed by atoms with Gasteiger partial charge >= 0.3 is 6.18 Å². The van der Waals surface area contributed by atoms with Crippen LogP contribution in [-0.4, -0.2) is 20.4 Å². The van der Waals surface area contributed by atoms with Gasteiger partial charge in [0.15, 0.2) is 0 Å². The molecule has 0 aliphatic heterocycles. The Bertz CT molecular complexity index is 966. The number of carbonyl (C=O) groups is 1. The number of sulfonamides is 1. The minimum Gasteiger partial charge on any atom is -0.325 e. The van der Waals surface area contributed by atoms with Crippen molar-refractivity contribution in [3.63, 3.8) is 0 Å². The molecule has 0 aliphatic carbocycles. The van der Waals surface area contributed by atoms with E-state index < -0.39 is 33.7 Å². The van der Waals surface area contributed by atoms with Crippen molar-refractivity contribution in [1.29, 1.82) is 0 Å². The third-order valence-electron chi connectivity index (χ3n) is 3.37. The molecule has 0 unspecified atom stereocenters. The molecule has 0 saturated heterocycles. The first kappa shape index (κ1) is 21.5. The molecule has 5 nitrogen and oxygen atoms in total. The van der Waals surface area contributed by atoms with Crippen LogP contribution >= 0.6 is 23.2 Å². The molecular weight excluding hydrogens is 428 g/mol. The van der Waals surface area contributed by atoms with Crippen LogP contribution < -0.4 is 10.0 Å². The largest absolute Gasteiger partial charge is 0.416 e. The molecule has 0 aromatic heterocycles. The summed E-state index contributed by atoms with van der Waals surface area (Å²) in [5, 5.41) is 2.26. The summed E-state index contributed by atoms with van der Waals surface area (Å²) < 4.78 is 65.0. The van der Waals surface area contributed by atoms with Crippen LogP contribution in [-0.2, 0) is 21.0 Å². The van der Waals surface area contributed by atoms with Crippen molar-refractivity contribution in [3.8, 4) is 0 Å². The number of rotatable bonds is 5. The lowest BCUT2D eigenvalue weighted by atomic mass is 10.2. The first-order valence-electron chi connectivity index (χ1n) is 7.35. The topological polar surface area (TPSA) is 75.3 Å². The maximum atomic E-state index is 12.7. The highest BCUT2D eigenvalue weighted by atomic mass is 35.5. The van der Waals surface area contributed by atoms with Crippen LogP contribution in [0.2, 0.25) is 10.0 Å². The van der Waals surface area contributed by atoms with Crippen molar-refractivity contribution < 1.29 is 26.4 Å². The molecule has 146 valence electrons. The van der Waals surface area contributed by atoms with Crippen molar-refractivity contribution >= 4 is 44.8 Å². The molecule has 0 bridgehead atoms. The molecule has 2 N–H and O–H groups in total. The van der Waals surface area contributed by atoms with E-state index in [1.807, 2.05) is 0 Å². The number of carbonyl (C=O) groups excluding carboxylic acids is 1. The average molecular weight is 441 g/mol. The lowest BCUT2D eigenvalue weighted by Crippen LogP contribution is -2.41. The predicted molar refractivity (Wildman–Crippen MR) is 96.3 cm³/mol. The summed E-state index contributed by atoms with van der Waals surface area (Å²) in [6.45, 7) is 1.24. The predicted octanol–water partition coefficient (Wildman–Crippen LogP) is 4.32. The Kier molecular flexibility index (Phi) is 6.41. The lowest BCUT2D eigenvalue weighted by molar-refractivity contribution is -0.137. The van der Waals surface area contributed by atoms with Crippen LogP contribution in [0.15, 0.2) is 47.4 Å². The first-order valence-corrected chi connectivity index (χ1v) is 9.59. The molecule has 0 aliphatic rings. The van der Waals surface area contributed by atoms with E-state index in [0.29, 0.717) is 0 Å². The van der Waals surface area contributed by atoms with Gasteiger partial charge in [-0.05, 0) is 43.3 Å². The van der Waals surface area contributed by atoms with Gasteiger partial charge in [-0.15, -0.1) is 0 Å². The van der Waals surface area contributed by atoms with Crippen LogP contribution in [0.5, 0.6) is 0 Å². The number of nitrogens with one attached hydrogen (secondary N) is 2. The highest BCUT2D eigenvalue weighted by Crippen LogP contribution is 2.30. The molecule has 0 heterocycles. The summed E-state index contributed by atoms with van der Waals surface area (Å²) in [7, 11) is -4.19. The highest BCUT2D eigenvalue weighted by Gasteiger charge is 2.31. The molecule has 0 fully saturated rings. The standard InChI is InChI=1S/C16H13Cl2F3N2O3S/c1-9(23-27(25,26)14-8-11(17)5-6-13(14)18)15(24)22-12-4-2-3-10(7-12)16(19,20)21/h2-9,23H,1H3,(H,22,24)/t9-/m1/s1. The maximum absolute atomic E-state index is 12.7. The van der Waals surface area contributed by atoms with Crippen molar-refractivity contribution in [3.05, 3.63) is 58.1 Å². The number of hydrogen-bond acceptors (Lipinski definition) is 3. The zero-order valence-corrected chi connectivity index (χ0v) is 16.0. The van der Waals surface area contributed by atoms with Crippen LogP contribution in [0.4, 0.5) is 18.9 Å². The molecule has 11 heteroatoms. The zero-order valence-electron chi connectivity index (χ0n) is 13.6. The van der Waals surface area contributed by atoms with Crippen molar-refractivity contribution in [2.75, 3.05) is 5.32 Å². The summed E-state index contributed by atoms with van der Waals surface area (Å²) in [6.07, 6.45) is -4.57. The summed E-state index contributed by atoms with van der Waals surface area (Å²) in [4.78, 5) is 11.8. The van der Waals surface area contributed by atoms with Crippen LogP contribution in [0.25, 0.3) is 0 Å². The summed E-state index contributed by atoms with van der Waals surface area (Å²) >= 11 is 11.6. The Morgan fingerprint density at radius 2 is 1.78 bits per heavy atom. The molecule has 2 aromatic carbocycles. The SMILES string of the molecule is C[C@@H](NS(=O)(=O)c1cc(Cl)ccc1Cl)C(=O)Nc1cccc(C(F)(F)F)c1. The third-order valence-corrected chi connectivity index (χ3v) is 5.62. The van der Waals surface area contributed by atoms with Gasteiger partial charge in [-0.3, -0.25) is 4.79 Å². The van der Waals surface area contributed by atoms with Gasteiger partial charge in [0.25, 0.3) is 0 Å². The second kappa shape index (κ2) is 8.05. The fourth-order valence-corrected chi connectivity index (χ4v) is 4.02. The third kappa shape index (κ3) is 5.58. The smallest absolute Gasteiger partial charge is 0.325 e. The molecule has 0 radical (unpaired) electrons. The normalized spacial score (nSPS) is 13.3. The highest BCUT2D eigenvalue weighted by molar-refractivity contribution is 7.89. The fraction of sp³-hybridized carbons (Fsp3) is 0.188. The fourth-order valence-electron chi connectivity index (χ4n) is 2.06. The molecule has 1 atom stereocenters. The Morgan fingerprint density at radius 1 is 1.11 bits per heavy atom. The molecule has 1 amide bonds. The van der Waals surface area contributed by atoms with Gasteiger partial charge in [0, 0.05) is 10.7 Å². The second-order valence-electron chi connectivity index (χ2n) is 5.49. The van der Waals surface area contributed by atoms with E-state index in [0.717, 1.165) is 24.3 Å². The van der Waals surface area contributed by atoms with E-state index in [9.17, 15) is 26.4 Å². The van der Waals surface area contributed by atoms with Gasteiger partial charge in [0.2, 0.25) is 15.9 Å². The Morgan fingerprint density at radius 3 is 2.41 bits per heavy atom. The zero-order chi connectivity index (χ0) is 20.4. The van der Waals surface area contributed by atoms with Crippen LogP contribution in [0.1, 0.15) is 12.5 Å². The van der Waals surface area contributed by atoms with E-state index >= 15 is 0 Å². The van der Waals surface area contributed by atoms with Gasteiger partial charge in [-0.1, -0.05) is 29.3 Å². The van der Waals surface area contributed by atoms with E-state index in [1.165, 1.54) is 25.1 Å². The Labute approximate surface area is 163 Å². The number of hydrogen-bond donors (Lipinski definition) is 2. The monoisotopic (exact) mass is 440 g/mol. The van der Waals surface area contributed by atoms with Gasteiger partial charge < -0.3 is 5.32 Å². The molecular formula is C16H13Cl2F3N2O3S. The quantitative estimate of drug-likeness (QED) is 0.726. The number of alkyl halides is 3. The molecule has 2 rings (SSSR count). The minimum atomic E-state index is -4.57. The van der Waals surface area contributed by atoms with Crippen molar-refractivity contribution in [2.45, 2.75) is 24.0 Å². The first-order chi connectivity index (χ1) is 12.4. The van der Waals surface area contributed by atoms with Gasteiger partial charge in [-0.2, -0.15) is 17.9 Å². The number of halogens is 5. The summed E-state index contributed by atoms with van der Waals surface area (Å²) in [5.41, 5.74) is -1.07. The van der Waals surface area contributed by atoms with Crippen LogP contribution in [0, 0.1) is 0 Å². The van der Waals surface area contributed by atoms with Gasteiger partial charge in [0.1, 0.15) is 4.90 Å². The van der Waals surface area contributed by atoms with Crippen molar-refractivity contribution in [1.82, 2.24) is 4.72 Å². The second-order valence-corrected chi connectivity index (χ2v) is 8.01. The van der Waals surface area contributed by atoms with E-state index in [4.69, 9.17) is 23.2 Å². The lowest BCUT2D eigenvalue weighted by Gasteiger charge is -2.16. The number of benzene rings is 2. The minimum absolute atomic E-state index is 0.0996. The summed E-state index contributed by atoms with van der Waals surface area (Å²) in [6, 6.07) is 6.47. The number of anilines is 1. The summed E-state index contributed by atoms with van der Waals surface area (Å²) in [5.74, 6) is -0.851. The van der Waals surface area contributed by atoms with E-state index in [1.54, 1.807) is 0 Å². The van der Waals surface area contributed by atoms with Gasteiger partial charge in [-0.25, -0.2) is 8.42 Å². The van der Waals surface area contributed by atoms with Gasteiger partial charge in [0.05, 0.1) is 16.6 Å². The molecule has 0 saturated carbocycles. The Balaban J connectivity index is 2.15. The van der Waals surface area contributed by atoms with E-state index in [-0.39, 0.29) is 20.6 Å². The molecule has 27 heavy (non-hydrogen) atoms. The molecule has 0 spiro atoms. The number of amides is 1. The average Bonchev–Trinajstić information content (AvgIpc) is 2.56. The Hall–Kier alpha value is -1.81. The van der Waals surface area contributed by atoms with Crippen LogP contribution in [0.3, 0.4) is 0 Å². The van der Waals surface area contributed by atoms with E-state index in [2.05, 4.69) is 10.0 Å².